The molecule has 2 aliphatic rings. The van der Waals surface area contributed by atoms with Gasteiger partial charge in [0.25, 0.3) is 0 Å². The Hall–Kier alpha value is -3.59. The third-order valence-electron chi connectivity index (χ3n) is 6.67. The first-order valence-corrected chi connectivity index (χ1v) is 11.0. The third kappa shape index (κ3) is 2.85. The molecule has 0 radical (unpaired) electrons. The van der Waals surface area contributed by atoms with Gasteiger partial charge in [0.1, 0.15) is 6.17 Å². The van der Waals surface area contributed by atoms with E-state index in [0.29, 0.717) is 0 Å². The zero-order chi connectivity index (χ0) is 21.1. The van der Waals surface area contributed by atoms with E-state index in [1.165, 1.54) is 50.7 Å². The molecule has 0 bridgehead atoms. The van der Waals surface area contributed by atoms with Crippen LogP contribution in [-0.4, -0.2) is 11.1 Å². The van der Waals surface area contributed by atoms with Gasteiger partial charge in [-0.05, 0) is 67.8 Å². The molecular formula is C29H29N3. The first kappa shape index (κ1) is 20.3. The molecule has 0 N–H and O–H groups in total. The summed E-state index contributed by atoms with van der Waals surface area (Å²) in [6.07, 6.45) is 1.05. The molecule has 0 saturated carbocycles. The molecule has 0 saturated heterocycles. The quantitative estimate of drug-likeness (QED) is 0.295. The fraction of sp³-hybridized carbons (Fsp3) is 0.207. The van der Waals surface area contributed by atoms with Crippen molar-refractivity contribution in [2.75, 3.05) is 9.80 Å². The number of aryl methyl sites for hydroxylation is 2. The molecule has 1 aromatic heterocycles. The van der Waals surface area contributed by atoms with Crippen LogP contribution in [0.1, 0.15) is 36.9 Å². The molecule has 0 spiro atoms. The molecule has 3 heteroatoms. The zero-order valence-corrected chi connectivity index (χ0v) is 18.1. The lowest BCUT2D eigenvalue weighted by molar-refractivity contribution is 0.758. The van der Waals surface area contributed by atoms with Crippen LogP contribution in [0.25, 0.3) is 11.1 Å². The summed E-state index contributed by atoms with van der Waals surface area (Å²) in [5.41, 5.74) is 12.6. The van der Waals surface area contributed by atoms with Gasteiger partial charge in [-0.15, -0.1) is 0 Å². The number of hydrogen-bond donors (Lipinski definition) is 0. The number of benzene rings is 3. The fourth-order valence-electron chi connectivity index (χ4n) is 5.28. The van der Waals surface area contributed by atoms with Gasteiger partial charge in [-0.3, -0.25) is 4.98 Å². The number of aromatic nitrogens is 1. The Bertz CT molecular complexity index is 1310. The Morgan fingerprint density at radius 1 is 0.750 bits per heavy atom. The topological polar surface area (TPSA) is 19.4 Å². The number of pyridine rings is 1. The molecule has 1 aliphatic carbocycles. The molecule has 1 atom stereocenters. The molecule has 160 valence electrons. The lowest BCUT2D eigenvalue weighted by atomic mass is 10.0. The van der Waals surface area contributed by atoms with Gasteiger partial charge in [0.05, 0.1) is 17.1 Å². The summed E-state index contributed by atoms with van der Waals surface area (Å²) in [7, 11) is 0. The van der Waals surface area contributed by atoms with Crippen molar-refractivity contribution < 1.29 is 0 Å². The molecule has 0 unspecified atom stereocenters. The van der Waals surface area contributed by atoms with Gasteiger partial charge in [0, 0.05) is 29.1 Å². The normalized spacial score (nSPS) is 15.8. The average Bonchev–Trinajstić information content (AvgIpc) is 3.29. The maximum atomic E-state index is 4.87. The summed E-state index contributed by atoms with van der Waals surface area (Å²) in [5.74, 6) is 0. The highest BCUT2D eigenvalue weighted by atomic mass is 15.4. The highest BCUT2D eigenvalue weighted by Crippen LogP contribution is 2.54. The molecule has 0 fully saturated rings. The van der Waals surface area contributed by atoms with E-state index in [1.807, 2.05) is 0 Å². The van der Waals surface area contributed by atoms with E-state index in [1.54, 1.807) is 0 Å². The van der Waals surface area contributed by atoms with E-state index >= 15 is 0 Å². The van der Waals surface area contributed by atoms with E-state index < -0.39 is 0 Å². The van der Waals surface area contributed by atoms with E-state index in [2.05, 4.69) is 109 Å². The van der Waals surface area contributed by atoms with Crippen molar-refractivity contribution in [2.24, 2.45) is 0 Å². The van der Waals surface area contributed by atoms with Crippen LogP contribution in [0.15, 0.2) is 78.9 Å². The molecule has 2 heterocycles. The molecule has 0 amide bonds. The number of hydrogen-bond acceptors (Lipinski definition) is 3. The molecule has 3 nitrogen and oxygen atoms in total. The van der Waals surface area contributed by atoms with Crippen LogP contribution in [-0.2, 0) is 6.42 Å². The van der Waals surface area contributed by atoms with Crippen molar-refractivity contribution in [3.8, 4) is 11.1 Å². The third-order valence-corrected chi connectivity index (χ3v) is 6.67. The number of rotatable bonds is 2. The van der Waals surface area contributed by atoms with Crippen LogP contribution in [0.5, 0.6) is 0 Å². The summed E-state index contributed by atoms with van der Waals surface area (Å²) >= 11 is 0. The van der Waals surface area contributed by atoms with Gasteiger partial charge in [-0.2, -0.15) is 0 Å². The standard InChI is InChI=1S/C28H25N3.CH4/c1-18-9-7-8-12-26(18)31-20(3)30(21-10-5-4-6-11-21)28-24-17-25-23(14-13-19(2)29-25)22(24)15-16-27(28)31;/h4-16,20H,17H2,1-3H3;1H4/t20-;/m0./s1. The van der Waals surface area contributed by atoms with E-state index in [-0.39, 0.29) is 13.6 Å². The smallest absolute Gasteiger partial charge is 0.108 e. The first-order chi connectivity index (χ1) is 15.1. The van der Waals surface area contributed by atoms with Crippen molar-refractivity contribution in [1.82, 2.24) is 4.98 Å². The van der Waals surface area contributed by atoms with Crippen LogP contribution >= 0.6 is 0 Å². The SMILES string of the molecule is C.Cc1ccc2c(n1)Cc1c-2ccc2c1N(c1ccccc1)[C@H](C)N2c1ccccc1C. The average molecular weight is 420 g/mol. The van der Waals surface area contributed by atoms with Crippen molar-refractivity contribution in [1.29, 1.82) is 0 Å². The maximum absolute atomic E-state index is 4.87. The molecule has 1 aliphatic heterocycles. The zero-order valence-electron chi connectivity index (χ0n) is 18.1. The van der Waals surface area contributed by atoms with Crippen LogP contribution in [0, 0.1) is 13.8 Å². The van der Waals surface area contributed by atoms with Gasteiger partial charge in [-0.1, -0.05) is 56.0 Å². The number of para-hydroxylation sites is 2. The van der Waals surface area contributed by atoms with Crippen molar-refractivity contribution >= 4 is 22.7 Å². The number of anilines is 4. The summed E-state index contributed by atoms with van der Waals surface area (Å²) in [6.45, 7) is 6.57. The largest absolute Gasteiger partial charge is 0.318 e. The van der Waals surface area contributed by atoms with Gasteiger partial charge in [-0.25, -0.2) is 0 Å². The predicted octanol–water partition coefficient (Wildman–Crippen LogP) is 7.54. The fourth-order valence-corrected chi connectivity index (χ4v) is 5.28. The van der Waals surface area contributed by atoms with E-state index in [4.69, 9.17) is 4.98 Å². The summed E-state index contributed by atoms with van der Waals surface area (Å²) in [5, 5.41) is 0. The monoisotopic (exact) mass is 419 g/mol. The van der Waals surface area contributed by atoms with Gasteiger partial charge >= 0.3 is 0 Å². The van der Waals surface area contributed by atoms with Crippen LogP contribution in [0.2, 0.25) is 0 Å². The number of nitrogens with zero attached hydrogens (tertiary/aromatic N) is 3. The minimum Gasteiger partial charge on any atom is -0.318 e. The lowest BCUT2D eigenvalue weighted by Crippen LogP contribution is -2.35. The second-order valence-corrected chi connectivity index (χ2v) is 8.58. The van der Waals surface area contributed by atoms with E-state index in [0.717, 1.165) is 12.1 Å². The Balaban J connectivity index is 0.00000216. The Labute approximate surface area is 191 Å². The molecular weight excluding hydrogens is 390 g/mol. The second kappa shape index (κ2) is 7.52. The Kier molecular flexibility index (Phi) is 4.78. The predicted molar refractivity (Wildman–Crippen MR) is 135 cm³/mol. The summed E-state index contributed by atoms with van der Waals surface area (Å²) < 4.78 is 0. The number of fused-ring (bicyclic) bond motifs is 5. The van der Waals surface area contributed by atoms with Crippen LogP contribution in [0.3, 0.4) is 0 Å². The molecule has 32 heavy (non-hydrogen) atoms. The van der Waals surface area contributed by atoms with E-state index in [9.17, 15) is 0 Å². The van der Waals surface area contributed by atoms with Crippen molar-refractivity contribution in [3.63, 3.8) is 0 Å². The Morgan fingerprint density at radius 3 is 2.25 bits per heavy atom. The minimum atomic E-state index is 0. The highest BCUT2D eigenvalue weighted by molar-refractivity contribution is 5.96. The van der Waals surface area contributed by atoms with Gasteiger partial charge < -0.3 is 9.80 Å². The Morgan fingerprint density at radius 2 is 1.47 bits per heavy atom. The molecule has 4 aromatic rings. The van der Waals surface area contributed by atoms with Crippen LogP contribution < -0.4 is 9.80 Å². The lowest BCUT2D eigenvalue weighted by Gasteiger charge is -2.31. The summed E-state index contributed by atoms with van der Waals surface area (Å²) in [6, 6.07) is 28.4. The molecule has 6 rings (SSSR count). The van der Waals surface area contributed by atoms with Gasteiger partial charge in [0.2, 0.25) is 0 Å². The van der Waals surface area contributed by atoms with Crippen molar-refractivity contribution in [2.45, 2.75) is 40.8 Å². The highest BCUT2D eigenvalue weighted by Gasteiger charge is 2.39. The van der Waals surface area contributed by atoms with Gasteiger partial charge in [0.15, 0.2) is 0 Å². The maximum Gasteiger partial charge on any atom is 0.108 e. The summed E-state index contributed by atoms with van der Waals surface area (Å²) in [4.78, 5) is 9.85. The second-order valence-electron chi connectivity index (χ2n) is 8.58. The minimum absolute atomic E-state index is 0. The first-order valence-electron chi connectivity index (χ1n) is 11.0. The van der Waals surface area contributed by atoms with Crippen LogP contribution in [0.4, 0.5) is 22.7 Å². The molecule has 3 aromatic carbocycles. The van der Waals surface area contributed by atoms with Crippen molar-refractivity contribution in [3.05, 3.63) is 101 Å².